The summed E-state index contributed by atoms with van der Waals surface area (Å²) in [5.41, 5.74) is 1.45. The SMILES string of the molecule is O=C(Nc1ccccc1Oc1ccccc1)N1CCC(c2nc(-c3cccnc3)no2)CC1. The molecular formula is C25H23N5O3. The number of nitrogens with one attached hydrogen (secondary N) is 1. The molecule has 8 nitrogen and oxygen atoms in total. The van der Waals surface area contributed by atoms with Gasteiger partial charge < -0.3 is 19.5 Å². The monoisotopic (exact) mass is 441 g/mol. The standard InChI is InChI=1S/C25H23N5O3/c31-25(27-21-10-4-5-11-22(21)32-20-8-2-1-3-9-20)30-15-12-18(13-16-30)24-28-23(29-33-24)19-7-6-14-26-17-19/h1-11,14,17-18H,12-13,15-16H2,(H,27,31). The van der Waals surface area contributed by atoms with E-state index in [9.17, 15) is 4.79 Å². The first kappa shape index (κ1) is 20.7. The van der Waals surface area contributed by atoms with E-state index in [1.54, 1.807) is 17.3 Å². The number of benzene rings is 2. The Morgan fingerprint density at radius 2 is 1.79 bits per heavy atom. The summed E-state index contributed by atoms with van der Waals surface area (Å²) < 4.78 is 11.4. The van der Waals surface area contributed by atoms with E-state index in [1.165, 1.54) is 0 Å². The highest BCUT2D eigenvalue weighted by molar-refractivity contribution is 5.91. The van der Waals surface area contributed by atoms with Crippen molar-refractivity contribution in [2.45, 2.75) is 18.8 Å². The van der Waals surface area contributed by atoms with Gasteiger partial charge in [0, 0.05) is 37.0 Å². The summed E-state index contributed by atoms with van der Waals surface area (Å²) in [4.78, 5) is 23.3. The highest BCUT2D eigenvalue weighted by atomic mass is 16.5. The third-order valence-electron chi connectivity index (χ3n) is 5.59. The van der Waals surface area contributed by atoms with Gasteiger partial charge in [0.15, 0.2) is 5.75 Å². The predicted octanol–water partition coefficient (Wildman–Crippen LogP) is 5.34. The van der Waals surface area contributed by atoms with Gasteiger partial charge in [0.1, 0.15) is 5.75 Å². The van der Waals surface area contributed by atoms with E-state index in [0.717, 1.165) is 18.4 Å². The molecule has 2 amide bonds. The lowest BCUT2D eigenvalue weighted by molar-refractivity contribution is 0.187. The average Bonchev–Trinajstić information content (AvgIpc) is 3.37. The van der Waals surface area contributed by atoms with Gasteiger partial charge in [0.05, 0.1) is 5.69 Å². The molecule has 0 spiro atoms. The van der Waals surface area contributed by atoms with Crippen LogP contribution in [0.15, 0.2) is 83.6 Å². The first-order valence-corrected chi connectivity index (χ1v) is 10.9. The molecule has 0 bridgehead atoms. The lowest BCUT2D eigenvalue weighted by Crippen LogP contribution is -2.40. The van der Waals surface area contributed by atoms with Crippen LogP contribution in [0.25, 0.3) is 11.4 Å². The lowest BCUT2D eigenvalue weighted by Gasteiger charge is -2.30. The van der Waals surface area contributed by atoms with Gasteiger partial charge in [-0.25, -0.2) is 4.79 Å². The minimum atomic E-state index is -0.154. The third kappa shape index (κ3) is 4.85. The number of amides is 2. The molecule has 1 aliphatic heterocycles. The topological polar surface area (TPSA) is 93.4 Å². The number of ether oxygens (including phenoxy) is 1. The smallest absolute Gasteiger partial charge is 0.321 e. The van der Waals surface area contributed by atoms with Crippen LogP contribution in [-0.2, 0) is 0 Å². The summed E-state index contributed by atoms with van der Waals surface area (Å²) >= 11 is 0. The van der Waals surface area contributed by atoms with Gasteiger partial charge in [0.2, 0.25) is 11.7 Å². The number of piperidine rings is 1. The number of nitrogens with zero attached hydrogens (tertiary/aromatic N) is 4. The molecule has 33 heavy (non-hydrogen) atoms. The summed E-state index contributed by atoms with van der Waals surface area (Å²) in [6.07, 6.45) is 4.92. The summed E-state index contributed by atoms with van der Waals surface area (Å²) in [7, 11) is 0. The number of carbonyl (C=O) groups excluding carboxylic acids is 1. The van der Waals surface area contributed by atoms with Crippen molar-refractivity contribution in [1.29, 1.82) is 0 Å². The Balaban J connectivity index is 1.19. The normalized spacial score (nSPS) is 14.1. The van der Waals surface area contributed by atoms with E-state index in [0.29, 0.717) is 42.0 Å². The average molecular weight is 441 g/mol. The molecule has 1 N–H and O–H groups in total. The number of hydrogen-bond acceptors (Lipinski definition) is 6. The Labute approximate surface area is 191 Å². The van der Waals surface area contributed by atoms with Gasteiger partial charge in [-0.2, -0.15) is 4.98 Å². The Morgan fingerprint density at radius 3 is 2.58 bits per heavy atom. The zero-order chi connectivity index (χ0) is 22.5. The zero-order valence-corrected chi connectivity index (χ0v) is 17.9. The van der Waals surface area contributed by atoms with Gasteiger partial charge in [-0.05, 0) is 49.2 Å². The molecule has 2 aromatic heterocycles. The first-order valence-electron chi connectivity index (χ1n) is 10.9. The molecule has 5 rings (SSSR count). The second-order valence-corrected chi connectivity index (χ2v) is 7.80. The van der Waals surface area contributed by atoms with Crippen molar-refractivity contribution < 1.29 is 14.1 Å². The van der Waals surface area contributed by atoms with Crippen LogP contribution in [0.2, 0.25) is 0 Å². The van der Waals surface area contributed by atoms with Gasteiger partial charge in [-0.3, -0.25) is 4.98 Å². The van der Waals surface area contributed by atoms with Crippen LogP contribution in [0.4, 0.5) is 10.5 Å². The first-order chi connectivity index (χ1) is 16.3. The quantitative estimate of drug-likeness (QED) is 0.450. The summed E-state index contributed by atoms with van der Waals surface area (Å²) in [6.45, 7) is 1.20. The summed E-state index contributed by atoms with van der Waals surface area (Å²) in [6, 6.07) is 20.5. The van der Waals surface area contributed by atoms with Crippen LogP contribution >= 0.6 is 0 Å². The molecular weight excluding hydrogens is 418 g/mol. The fraction of sp³-hybridized carbons (Fsp3) is 0.200. The maximum atomic E-state index is 12.9. The molecule has 0 radical (unpaired) electrons. The number of aromatic nitrogens is 3. The number of urea groups is 1. The molecule has 0 atom stereocenters. The van der Waals surface area contributed by atoms with Gasteiger partial charge in [0.25, 0.3) is 0 Å². The second kappa shape index (κ2) is 9.52. The molecule has 1 saturated heterocycles. The van der Waals surface area contributed by atoms with Crippen LogP contribution in [0.3, 0.4) is 0 Å². The van der Waals surface area contributed by atoms with Crippen molar-refractivity contribution in [2.24, 2.45) is 0 Å². The third-order valence-corrected chi connectivity index (χ3v) is 5.59. The van der Waals surface area contributed by atoms with Crippen molar-refractivity contribution in [3.05, 3.63) is 85.0 Å². The van der Waals surface area contributed by atoms with E-state index < -0.39 is 0 Å². The van der Waals surface area contributed by atoms with Gasteiger partial charge in [-0.1, -0.05) is 35.5 Å². The number of carbonyl (C=O) groups is 1. The van der Waals surface area contributed by atoms with Gasteiger partial charge in [-0.15, -0.1) is 0 Å². The van der Waals surface area contributed by atoms with E-state index in [2.05, 4.69) is 20.4 Å². The highest BCUT2D eigenvalue weighted by Crippen LogP contribution is 2.31. The maximum absolute atomic E-state index is 12.9. The van der Waals surface area contributed by atoms with Crippen LogP contribution in [0, 0.1) is 0 Å². The van der Waals surface area contributed by atoms with Crippen LogP contribution < -0.4 is 10.1 Å². The molecule has 8 heteroatoms. The number of hydrogen-bond donors (Lipinski definition) is 1. The maximum Gasteiger partial charge on any atom is 0.321 e. The summed E-state index contributed by atoms with van der Waals surface area (Å²) in [5, 5.41) is 7.07. The minimum Gasteiger partial charge on any atom is -0.455 e. The van der Waals surface area contributed by atoms with E-state index in [4.69, 9.17) is 9.26 Å². The minimum absolute atomic E-state index is 0.126. The zero-order valence-electron chi connectivity index (χ0n) is 17.9. The number of anilines is 1. The fourth-order valence-corrected chi connectivity index (χ4v) is 3.81. The van der Waals surface area contributed by atoms with Crippen LogP contribution in [0.5, 0.6) is 11.5 Å². The Morgan fingerprint density at radius 1 is 1.00 bits per heavy atom. The molecule has 166 valence electrons. The van der Waals surface area contributed by atoms with E-state index in [1.807, 2.05) is 66.7 Å². The molecule has 1 aliphatic rings. The van der Waals surface area contributed by atoms with Gasteiger partial charge >= 0.3 is 6.03 Å². The van der Waals surface area contributed by atoms with Crippen LogP contribution in [-0.4, -0.2) is 39.1 Å². The van der Waals surface area contributed by atoms with Crippen molar-refractivity contribution >= 4 is 11.7 Å². The van der Waals surface area contributed by atoms with Crippen LogP contribution in [0.1, 0.15) is 24.7 Å². The molecule has 0 saturated carbocycles. The molecule has 0 aliphatic carbocycles. The number of likely N-dealkylation sites (tertiary alicyclic amines) is 1. The molecule has 0 unspecified atom stereocenters. The molecule has 3 heterocycles. The van der Waals surface area contributed by atoms with E-state index in [-0.39, 0.29) is 11.9 Å². The molecule has 1 fully saturated rings. The molecule has 2 aromatic carbocycles. The summed E-state index contributed by atoms with van der Waals surface area (Å²) in [5.74, 6) is 2.58. The van der Waals surface area contributed by atoms with Crippen molar-refractivity contribution in [1.82, 2.24) is 20.0 Å². The van der Waals surface area contributed by atoms with Crippen molar-refractivity contribution in [3.8, 4) is 22.9 Å². The van der Waals surface area contributed by atoms with E-state index >= 15 is 0 Å². The highest BCUT2D eigenvalue weighted by Gasteiger charge is 2.28. The molecule has 4 aromatic rings. The lowest BCUT2D eigenvalue weighted by atomic mass is 9.97. The second-order valence-electron chi connectivity index (χ2n) is 7.80. The Hall–Kier alpha value is -4.20. The van der Waals surface area contributed by atoms with Crippen molar-refractivity contribution in [2.75, 3.05) is 18.4 Å². The number of para-hydroxylation sites is 3. The Kier molecular flexibility index (Phi) is 5.97. The Bertz CT molecular complexity index is 1200. The van der Waals surface area contributed by atoms with Crippen molar-refractivity contribution in [3.63, 3.8) is 0 Å². The fourth-order valence-electron chi connectivity index (χ4n) is 3.81. The number of pyridine rings is 1. The number of rotatable bonds is 5. The predicted molar refractivity (Wildman–Crippen MR) is 123 cm³/mol. The largest absolute Gasteiger partial charge is 0.455 e.